The third kappa shape index (κ3) is 6.25. The molecule has 8 nitrogen and oxygen atoms in total. The lowest BCUT2D eigenvalue weighted by Crippen LogP contribution is -2.57. The molecule has 5 rings (SSSR count). The van der Waals surface area contributed by atoms with Crippen molar-refractivity contribution in [1.82, 2.24) is 29.5 Å². The lowest BCUT2D eigenvalue weighted by Gasteiger charge is -2.46. The Labute approximate surface area is 224 Å². The summed E-state index contributed by atoms with van der Waals surface area (Å²) >= 11 is 6.12. The zero-order valence-corrected chi connectivity index (χ0v) is 22.7. The first-order valence-electron chi connectivity index (χ1n) is 13.2. The van der Waals surface area contributed by atoms with Gasteiger partial charge in [0.05, 0.1) is 24.7 Å². The van der Waals surface area contributed by atoms with E-state index in [0.717, 1.165) is 43.7 Å². The van der Waals surface area contributed by atoms with Gasteiger partial charge in [-0.25, -0.2) is 4.98 Å². The van der Waals surface area contributed by atoms with Crippen molar-refractivity contribution < 1.29 is 9.53 Å². The molecule has 3 aromatic rings. The number of aryl methyl sites for hydroxylation is 3. The Morgan fingerprint density at radius 3 is 2.57 bits per heavy atom. The summed E-state index contributed by atoms with van der Waals surface area (Å²) < 4.78 is 10.0. The minimum Gasteiger partial charge on any atom is -0.373 e. The highest BCUT2D eigenvalue weighted by molar-refractivity contribution is 6.30. The second kappa shape index (κ2) is 11.4. The van der Waals surface area contributed by atoms with Gasteiger partial charge in [-0.3, -0.25) is 14.4 Å². The van der Waals surface area contributed by atoms with Gasteiger partial charge in [-0.1, -0.05) is 23.7 Å². The summed E-state index contributed by atoms with van der Waals surface area (Å²) in [6.45, 7) is 4.04. The predicted octanol–water partition coefficient (Wildman–Crippen LogP) is 3.88. The highest BCUT2D eigenvalue weighted by Crippen LogP contribution is 2.36. The van der Waals surface area contributed by atoms with Crippen LogP contribution in [-0.2, 0) is 25.3 Å². The van der Waals surface area contributed by atoms with Crippen LogP contribution in [0.5, 0.6) is 0 Å². The lowest BCUT2D eigenvalue weighted by molar-refractivity contribution is -0.0822. The number of amides is 1. The molecule has 9 heteroatoms. The van der Waals surface area contributed by atoms with E-state index in [1.54, 1.807) is 17.1 Å². The van der Waals surface area contributed by atoms with Crippen LogP contribution in [-0.4, -0.2) is 68.0 Å². The number of imidazole rings is 1. The van der Waals surface area contributed by atoms with Gasteiger partial charge in [0.15, 0.2) is 0 Å². The molecular weight excluding hydrogens is 488 g/mol. The van der Waals surface area contributed by atoms with Crippen molar-refractivity contribution in [3.63, 3.8) is 0 Å². The Bertz CT molecular complexity index is 1180. The summed E-state index contributed by atoms with van der Waals surface area (Å²) in [4.78, 5) is 19.3. The van der Waals surface area contributed by atoms with Gasteiger partial charge in [0.2, 0.25) is 0 Å². The highest BCUT2D eigenvalue weighted by atomic mass is 35.5. The fourth-order valence-electron chi connectivity index (χ4n) is 5.74. The normalized spacial score (nSPS) is 24.8. The van der Waals surface area contributed by atoms with Gasteiger partial charge < -0.3 is 14.6 Å². The van der Waals surface area contributed by atoms with E-state index in [0.29, 0.717) is 36.8 Å². The fourth-order valence-corrected chi connectivity index (χ4v) is 5.86. The van der Waals surface area contributed by atoms with Crippen LogP contribution in [0, 0.1) is 6.92 Å². The van der Waals surface area contributed by atoms with E-state index in [-0.39, 0.29) is 12.0 Å². The second-order valence-electron chi connectivity index (χ2n) is 10.6. The predicted molar refractivity (Wildman–Crippen MR) is 144 cm³/mol. The van der Waals surface area contributed by atoms with E-state index >= 15 is 0 Å². The van der Waals surface area contributed by atoms with Gasteiger partial charge in [0, 0.05) is 62.1 Å². The molecule has 1 aliphatic carbocycles. The first-order valence-corrected chi connectivity index (χ1v) is 13.6. The average molecular weight is 525 g/mol. The van der Waals surface area contributed by atoms with E-state index in [1.807, 2.05) is 30.9 Å². The van der Waals surface area contributed by atoms with Crippen molar-refractivity contribution in [3.05, 3.63) is 70.5 Å². The van der Waals surface area contributed by atoms with Crippen LogP contribution in [0.3, 0.4) is 0 Å². The number of halogens is 1. The molecule has 2 aliphatic rings. The molecule has 1 amide bonds. The minimum absolute atomic E-state index is 0.0507. The third-order valence-corrected chi connectivity index (χ3v) is 8.19. The molecule has 1 saturated heterocycles. The number of nitrogens with one attached hydrogen (secondary N) is 1. The zero-order valence-electron chi connectivity index (χ0n) is 21.9. The number of carbonyl (C=O) groups excluding carboxylic acids is 1. The number of morpholine rings is 1. The van der Waals surface area contributed by atoms with Crippen LogP contribution in [0.1, 0.15) is 59.0 Å². The third-order valence-electron chi connectivity index (χ3n) is 7.94. The molecule has 2 unspecified atom stereocenters. The fraction of sp³-hybridized carbons (Fsp3) is 0.536. The number of ether oxygens (including phenoxy) is 1. The standard InChI is InChI=1S/C28H37ClN6O2/c1-19-12-26(32-34(19)3)21-6-10-23(11-7-21)35-15-25(14-30-28(36)27-16-33(2)18-31-27)37-17-24(35)13-20-4-8-22(29)9-5-20/h4-5,8-9,12,16,18,21,23-25H,6-7,10-11,13-15,17H2,1-3H3,(H,30,36). The Kier molecular flexibility index (Phi) is 7.98. The summed E-state index contributed by atoms with van der Waals surface area (Å²) in [5, 5.41) is 8.53. The number of carbonyl (C=O) groups is 1. The molecule has 2 atom stereocenters. The molecule has 0 radical (unpaired) electrons. The van der Waals surface area contributed by atoms with E-state index < -0.39 is 0 Å². The minimum atomic E-state index is -0.162. The number of hydrogen-bond acceptors (Lipinski definition) is 5. The second-order valence-corrected chi connectivity index (χ2v) is 11.0. The molecule has 2 aromatic heterocycles. The first kappa shape index (κ1) is 25.9. The van der Waals surface area contributed by atoms with Gasteiger partial charge in [0.1, 0.15) is 5.69 Å². The molecule has 3 heterocycles. The van der Waals surface area contributed by atoms with Crippen LogP contribution in [0.15, 0.2) is 42.9 Å². The van der Waals surface area contributed by atoms with Gasteiger partial charge >= 0.3 is 0 Å². The molecule has 1 aromatic carbocycles. The van der Waals surface area contributed by atoms with Crippen molar-refractivity contribution in [2.24, 2.45) is 14.1 Å². The number of nitrogens with zero attached hydrogens (tertiary/aromatic N) is 5. The lowest BCUT2D eigenvalue weighted by atomic mass is 9.82. The van der Waals surface area contributed by atoms with Crippen molar-refractivity contribution in [1.29, 1.82) is 0 Å². The summed E-state index contributed by atoms with van der Waals surface area (Å²) in [6, 6.07) is 11.2. The van der Waals surface area contributed by atoms with Crippen LogP contribution >= 0.6 is 11.6 Å². The smallest absolute Gasteiger partial charge is 0.271 e. The zero-order chi connectivity index (χ0) is 25.9. The number of benzene rings is 1. The Morgan fingerprint density at radius 2 is 1.92 bits per heavy atom. The maximum atomic E-state index is 12.5. The number of aromatic nitrogens is 4. The molecule has 0 bridgehead atoms. The summed E-state index contributed by atoms with van der Waals surface area (Å²) in [5.74, 6) is 0.366. The molecule has 198 valence electrons. The molecule has 37 heavy (non-hydrogen) atoms. The maximum absolute atomic E-state index is 12.5. The highest BCUT2D eigenvalue weighted by Gasteiger charge is 2.36. The van der Waals surface area contributed by atoms with Gasteiger partial charge in [-0.15, -0.1) is 0 Å². The Morgan fingerprint density at radius 1 is 1.16 bits per heavy atom. The Balaban J connectivity index is 1.24. The van der Waals surface area contributed by atoms with E-state index in [2.05, 4.69) is 40.3 Å². The van der Waals surface area contributed by atoms with Crippen LogP contribution < -0.4 is 5.32 Å². The van der Waals surface area contributed by atoms with E-state index in [4.69, 9.17) is 21.4 Å². The molecule has 1 saturated carbocycles. The number of rotatable bonds is 7. The van der Waals surface area contributed by atoms with Crippen LogP contribution in [0.25, 0.3) is 0 Å². The molecular formula is C28H37ClN6O2. The maximum Gasteiger partial charge on any atom is 0.271 e. The molecule has 1 N–H and O–H groups in total. The van der Waals surface area contributed by atoms with Crippen molar-refractivity contribution >= 4 is 17.5 Å². The molecule has 0 spiro atoms. The van der Waals surface area contributed by atoms with Crippen molar-refractivity contribution in [2.45, 2.75) is 63.1 Å². The average Bonchev–Trinajstić information content (AvgIpc) is 3.49. The van der Waals surface area contributed by atoms with Crippen molar-refractivity contribution in [3.8, 4) is 0 Å². The van der Waals surface area contributed by atoms with Gasteiger partial charge in [-0.05, 0) is 62.8 Å². The summed E-state index contributed by atoms with van der Waals surface area (Å²) in [7, 11) is 3.88. The number of hydrogen-bond donors (Lipinski definition) is 1. The molecule has 1 aliphatic heterocycles. The SMILES string of the molecule is Cc1cc(C2CCC(N3CC(CNC(=O)c4cn(C)cn4)OCC3Cc3ccc(Cl)cc3)CC2)nn1C. The quantitative estimate of drug-likeness (QED) is 0.507. The largest absolute Gasteiger partial charge is 0.373 e. The van der Waals surface area contributed by atoms with E-state index in [1.165, 1.54) is 17.0 Å². The summed E-state index contributed by atoms with van der Waals surface area (Å²) in [5.41, 5.74) is 4.14. The summed E-state index contributed by atoms with van der Waals surface area (Å²) in [6.07, 6.45) is 8.81. The van der Waals surface area contributed by atoms with Gasteiger partial charge in [0.25, 0.3) is 5.91 Å². The van der Waals surface area contributed by atoms with Crippen molar-refractivity contribution in [2.75, 3.05) is 19.7 Å². The monoisotopic (exact) mass is 524 g/mol. The van der Waals surface area contributed by atoms with E-state index in [9.17, 15) is 4.79 Å². The van der Waals surface area contributed by atoms with Crippen LogP contribution in [0.4, 0.5) is 0 Å². The van der Waals surface area contributed by atoms with Gasteiger partial charge in [-0.2, -0.15) is 5.10 Å². The Hall–Kier alpha value is -2.68. The van der Waals surface area contributed by atoms with Crippen LogP contribution in [0.2, 0.25) is 5.02 Å². The topological polar surface area (TPSA) is 77.2 Å². The first-order chi connectivity index (χ1) is 17.9. The molecule has 2 fully saturated rings.